The maximum Gasteiger partial charge on any atom is 2.00 e. The minimum absolute atomic E-state index is 0. The predicted molar refractivity (Wildman–Crippen MR) is 42.1 cm³/mol. The van der Waals surface area contributed by atoms with Gasteiger partial charge in [-0.2, -0.15) is 6.42 Å². The fraction of sp³-hybridized carbons (Fsp3) is 0.571. The van der Waals surface area contributed by atoms with Gasteiger partial charge in [-0.3, -0.25) is 0 Å². The third-order valence-electron chi connectivity index (χ3n) is 0.354. The molecular weight excluding hydrogens is 124 g/mol. The molecule has 0 fully saturated rings. The Balaban J connectivity index is -0.0000000720. The molecule has 0 aromatic carbocycles. The van der Waals surface area contributed by atoms with Gasteiger partial charge >= 0.3 is 23.1 Å². The summed E-state index contributed by atoms with van der Waals surface area (Å²) in [5, 5.41) is 0. The molecule has 0 amide bonds. The standard InChI is InChI=1S/C4H9.C3H5O.Mg/c1-3-4-2;1-3(2)4;/h1,3-4H2,2H3;1H2,2H3;/q2*-1;+2. The van der Waals surface area contributed by atoms with Gasteiger partial charge in [-0.15, -0.1) is 0 Å². The fourth-order valence-electron chi connectivity index (χ4n) is 0. The Morgan fingerprint density at radius 3 is 1.67 bits per heavy atom. The van der Waals surface area contributed by atoms with Crippen LogP contribution in [0.5, 0.6) is 0 Å². The van der Waals surface area contributed by atoms with Crippen LogP contribution in [0.3, 0.4) is 0 Å². The summed E-state index contributed by atoms with van der Waals surface area (Å²) in [6.45, 7) is 10.1. The van der Waals surface area contributed by atoms with Crippen molar-refractivity contribution in [3.63, 3.8) is 0 Å². The normalized spacial score (nSPS) is 6.11. The summed E-state index contributed by atoms with van der Waals surface area (Å²) in [5.41, 5.74) is 0. The number of rotatable bonds is 1. The van der Waals surface area contributed by atoms with Crippen molar-refractivity contribution in [2.75, 3.05) is 0 Å². The molecule has 1 nitrogen and oxygen atoms in total. The third-order valence-corrected chi connectivity index (χ3v) is 0.354. The maximum atomic E-state index is 9.33. The summed E-state index contributed by atoms with van der Waals surface area (Å²) in [6.07, 6.45) is 2.28. The molecule has 0 aromatic heterocycles. The first-order valence-corrected chi connectivity index (χ1v) is 2.76. The minimum Gasteiger partial charge on any atom is -0.343 e. The molecule has 0 atom stereocenters. The summed E-state index contributed by atoms with van der Waals surface area (Å²) in [6, 6.07) is 0. The van der Waals surface area contributed by atoms with E-state index in [1.165, 1.54) is 13.3 Å². The molecule has 0 unspecified atom stereocenters. The van der Waals surface area contributed by atoms with Gasteiger partial charge in [0.05, 0.1) is 0 Å². The molecular formula is C7H14MgO. The molecule has 0 N–H and O–H groups in total. The molecule has 0 saturated heterocycles. The quantitative estimate of drug-likeness (QED) is 0.398. The molecule has 0 radical (unpaired) electrons. The van der Waals surface area contributed by atoms with Crippen molar-refractivity contribution < 1.29 is 4.79 Å². The smallest absolute Gasteiger partial charge is 0.343 e. The number of ketones is 1. The van der Waals surface area contributed by atoms with E-state index < -0.39 is 0 Å². The zero-order valence-electron chi connectivity index (χ0n) is 6.44. The van der Waals surface area contributed by atoms with Crippen molar-refractivity contribution in [1.29, 1.82) is 0 Å². The Bertz CT molecular complexity index is 46.9. The molecule has 0 aromatic rings. The van der Waals surface area contributed by atoms with Crippen molar-refractivity contribution in [3.05, 3.63) is 13.8 Å². The van der Waals surface area contributed by atoms with E-state index in [9.17, 15) is 4.79 Å². The van der Waals surface area contributed by atoms with Crippen LogP contribution in [0.15, 0.2) is 0 Å². The largest absolute Gasteiger partial charge is 2.00 e. The summed E-state index contributed by atoms with van der Waals surface area (Å²) in [5.74, 6) is -0.0833. The zero-order valence-corrected chi connectivity index (χ0v) is 7.86. The Kier molecular flexibility index (Phi) is 28.2. The molecule has 0 bridgehead atoms. The molecule has 9 heavy (non-hydrogen) atoms. The first-order chi connectivity index (χ1) is 3.65. The fourth-order valence-corrected chi connectivity index (χ4v) is 0. The van der Waals surface area contributed by atoms with Gasteiger partial charge in [-0.25, -0.2) is 0 Å². The van der Waals surface area contributed by atoms with Crippen LogP contribution in [0.1, 0.15) is 26.7 Å². The van der Waals surface area contributed by atoms with E-state index in [4.69, 9.17) is 0 Å². The average Bonchev–Trinajstić information content (AvgIpc) is 1.65. The van der Waals surface area contributed by atoms with Gasteiger partial charge in [0.1, 0.15) is 0 Å². The maximum absolute atomic E-state index is 9.33. The number of carbonyl (C=O) groups excluding carboxylic acids is 1. The summed E-state index contributed by atoms with van der Waals surface area (Å²) >= 11 is 0. The number of carbonyl (C=O) groups is 1. The number of Topliss-reactive ketones (excluding diaryl/α,β-unsaturated/α-hetero) is 1. The van der Waals surface area contributed by atoms with Crippen LogP contribution in [0.2, 0.25) is 0 Å². The average molecular weight is 138 g/mol. The van der Waals surface area contributed by atoms with Crippen LogP contribution >= 0.6 is 0 Å². The molecule has 0 rings (SSSR count). The second-order valence-electron chi connectivity index (χ2n) is 1.56. The predicted octanol–water partition coefficient (Wildman–Crippen LogP) is 1.65. The van der Waals surface area contributed by atoms with E-state index in [0.717, 1.165) is 6.42 Å². The third kappa shape index (κ3) is 194. The second-order valence-corrected chi connectivity index (χ2v) is 1.56. The second kappa shape index (κ2) is 15.7. The Morgan fingerprint density at radius 1 is 1.56 bits per heavy atom. The Hall–Kier alpha value is 0.306. The van der Waals surface area contributed by atoms with E-state index in [0.29, 0.717) is 0 Å². The van der Waals surface area contributed by atoms with Crippen LogP contribution < -0.4 is 0 Å². The van der Waals surface area contributed by atoms with Crippen molar-refractivity contribution in [1.82, 2.24) is 0 Å². The van der Waals surface area contributed by atoms with E-state index in [1.54, 1.807) is 0 Å². The van der Waals surface area contributed by atoms with Crippen LogP contribution in [-0.4, -0.2) is 28.8 Å². The van der Waals surface area contributed by atoms with E-state index in [-0.39, 0.29) is 28.8 Å². The van der Waals surface area contributed by atoms with Crippen LogP contribution in [0, 0.1) is 13.8 Å². The van der Waals surface area contributed by atoms with Crippen LogP contribution in [0.25, 0.3) is 0 Å². The molecule has 0 spiro atoms. The number of hydrogen-bond donors (Lipinski definition) is 0. The first kappa shape index (κ1) is 16.1. The summed E-state index contributed by atoms with van der Waals surface area (Å²) < 4.78 is 0. The van der Waals surface area contributed by atoms with Crippen molar-refractivity contribution >= 4 is 28.8 Å². The van der Waals surface area contributed by atoms with Gasteiger partial charge in [0, 0.05) is 0 Å². The van der Waals surface area contributed by atoms with Gasteiger partial charge < -0.3 is 18.6 Å². The molecule has 0 aliphatic rings. The SMILES string of the molecule is [CH2-]C(C)=O.[CH2-]CCC.[Mg+2]. The summed E-state index contributed by atoms with van der Waals surface area (Å²) in [7, 11) is 0. The topological polar surface area (TPSA) is 17.1 Å². The van der Waals surface area contributed by atoms with E-state index in [2.05, 4.69) is 20.8 Å². The molecule has 50 valence electrons. The van der Waals surface area contributed by atoms with Gasteiger partial charge in [0.15, 0.2) is 0 Å². The number of hydrogen-bond acceptors (Lipinski definition) is 1. The molecule has 2 heteroatoms. The van der Waals surface area contributed by atoms with Gasteiger partial charge in [-0.1, -0.05) is 13.3 Å². The van der Waals surface area contributed by atoms with Crippen LogP contribution in [-0.2, 0) is 4.79 Å². The number of unbranched alkanes of at least 4 members (excludes halogenated alkanes) is 1. The monoisotopic (exact) mass is 138 g/mol. The first-order valence-electron chi connectivity index (χ1n) is 2.76. The zero-order chi connectivity index (χ0) is 6.99. The molecule has 0 aliphatic carbocycles. The van der Waals surface area contributed by atoms with Gasteiger partial charge in [-0.05, 0) is 12.7 Å². The molecule has 0 heterocycles. The van der Waals surface area contributed by atoms with E-state index >= 15 is 0 Å². The van der Waals surface area contributed by atoms with Crippen molar-refractivity contribution in [3.8, 4) is 0 Å². The van der Waals surface area contributed by atoms with Crippen molar-refractivity contribution in [2.45, 2.75) is 26.7 Å². The minimum atomic E-state index is -0.0833. The van der Waals surface area contributed by atoms with Gasteiger partial charge in [0.25, 0.3) is 0 Å². The molecule has 0 saturated carbocycles. The van der Waals surface area contributed by atoms with Crippen molar-refractivity contribution in [2.24, 2.45) is 0 Å². The van der Waals surface area contributed by atoms with E-state index in [1.807, 2.05) is 0 Å². The summed E-state index contributed by atoms with van der Waals surface area (Å²) in [4.78, 5) is 9.33. The van der Waals surface area contributed by atoms with Crippen LogP contribution in [0.4, 0.5) is 0 Å². The molecule has 0 aliphatic heterocycles. The van der Waals surface area contributed by atoms with Gasteiger partial charge in [0.2, 0.25) is 0 Å². The Morgan fingerprint density at radius 2 is 1.67 bits per heavy atom. The Labute approximate surface area is 74.4 Å².